The second kappa shape index (κ2) is 5.67. The summed E-state index contributed by atoms with van der Waals surface area (Å²) < 4.78 is 9.27. The van der Waals surface area contributed by atoms with E-state index in [2.05, 4.69) is 4.74 Å². The van der Waals surface area contributed by atoms with Gasteiger partial charge in [0.2, 0.25) is 0 Å². The molecule has 7 heteroatoms. The number of carbonyl (C=O) groups is 3. The van der Waals surface area contributed by atoms with E-state index in [4.69, 9.17) is 14.9 Å². The molecule has 96 valence electrons. The van der Waals surface area contributed by atoms with Crippen LogP contribution in [0.4, 0.5) is 0 Å². The lowest BCUT2D eigenvalue weighted by atomic mass is 10.1. The summed E-state index contributed by atoms with van der Waals surface area (Å²) in [6.07, 6.45) is 0. The van der Waals surface area contributed by atoms with Gasteiger partial charge in [-0.05, 0) is 18.2 Å². The first kappa shape index (κ1) is 13.5. The lowest BCUT2D eigenvalue weighted by molar-refractivity contribution is -0.142. The highest BCUT2D eigenvalue weighted by Crippen LogP contribution is 2.17. The van der Waals surface area contributed by atoms with E-state index in [1.165, 1.54) is 7.11 Å². The Bertz CT molecular complexity index is 460. The van der Waals surface area contributed by atoms with E-state index < -0.39 is 24.5 Å². The topological polar surface area (TPSA) is 110 Å². The molecule has 0 heterocycles. The summed E-state index contributed by atoms with van der Waals surface area (Å²) >= 11 is 0. The van der Waals surface area contributed by atoms with Gasteiger partial charge < -0.3 is 19.7 Å². The first-order valence-corrected chi connectivity index (χ1v) is 4.75. The van der Waals surface area contributed by atoms with Crippen LogP contribution in [0.5, 0.6) is 5.75 Å². The van der Waals surface area contributed by atoms with Crippen molar-refractivity contribution in [2.45, 2.75) is 0 Å². The van der Waals surface area contributed by atoms with Crippen LogP contribution in [-0.4, -0.2) is 41.8 Å². The van der Waals surface area contributed by atoms with E-state index in [-0.39, 0.29) is 16.9 Å². The minimum atomic E-state index is -1.29. The zero-order valence-corrected chi connectivity index (χ0v) is 9.37. The van der Waals surface area contributed by atoms with Crippen LogP contribution in [0, 0.1) is 0 Å². The fourth-order valence-electron chi connectivity index (χ4n) is 1.13. The van der Waals surface area contributed by atoms with Crippen molar-refractivity contribution < 1.29 is 34.1 Å². The second-order valence-corrected chi connectivity index (χ2v) is 3.22. The number of benzene rings is 1. The van der Waals surface area contributed by atoms with Crippen LogP contribution in [0.15, 0.2) is 18.2 Å². The Hall–Kier alpha value is -2.57. The number of ether oxygens (including phenoxy) is 2. The van der Waals surface area contributed by atoms with Crippen molar-refractivity contribution >= 4 is 17.9 Å². The highest BCUT2D eigenvalue weighted by Gasteiger charge is 2.13. The predicted octanol–water partition coefficient (Wildman–Crippen LogP) is 0.635. The van der Waals surface area contributed by atoms with E-state index >= 15 is 0 Å². The van der Waals surface area contributed by atoms with Crippen molar-refractivity contribution in [2.24, 2.45) is 0 Å². The van der Waals surface area contributed by atoms with Crippen LogP contribution in [0.25, 0.3) is 0 Å². The average Bonchev–Trinajstić information content (AvgIpc) is 2.35. The minimum Gasteiger partial charge on any atom is -0.482 e. The number of methoxy groups -OCH3 is 1. The molecule has 0 atom stereocenters. The number of hydrogen-bond donors (Lipinski definition) is 2. The SMILES string of the molecule is COC(=O)COc1cc(C(=O)O)cc(C(=O)O)c1. The molecule has 0 amide bonds. The molecular formula is C11H10O7. The Kier molecular flexibility index (Phi) is 4.25. The maximum atomic E-state index is 10.8. The maximum Gasteiger partial charge on any atom is 0.343 e. The zero-order chi connectivity index (χ0) is 13.7. The van der Waals surface area contributed by atoms with Crippen LogP contribution < -0.4 is 4.74 Å². The average molecular weight is 254 g/mol. The van der Waals surface area contributed by atoms with Crippen LogP contribution in [0.2, 0.25) is 0 Å². The number of carbonyl (C=O) groups excluding carboxylic acids is 1. The molecule has 0 saturated carbocycles. The Morgan fingerprint density at radius 3 is 1.94 bits per heavy atom. The normalized spacial score (nSPS) is 9.61. The molecule has 0 radical (unpaired) electrons. The molecule has 18 heavy (non-hydrogen) atoms. The van der Waals surface area contributed by atoms with Crippen molar-refractivity contribution in [3.8, 4) is 5.75 Å². The van der Waals surface area contributed by atoms with Crippen LogP contribution in [0.3, 0.4) is 0 Å². The Morgan fingerprint density at radius 2 is 1.56 bits per heavy atom. The van der Waals surface area contributed by atoms with Gasteiger partial charge >= 0.3 is 17.9 Å². The van der Waals surface area contributed by atoms with Gasteiger partial charge in [0.05, 0.1) is 18.2 Å². The van der Waals surface area contributed by atoms with Gasteiger partial charge in [-0.2, -0.15) is 0 Å². The molecule has 0 aliphatic rings. The summed E-state index contributed by atoms with van der Waals surface area (Å²) in [5.41, 5.74) is -0.482. The maximum absolute atomic E-state index is 10.8. The number of carboxylic acids is 2. The van der Waals surface area contributed by atoms with E-state index in [1.54, 1.807) is 0 Å². The number of esters is 1. The predicted molar refractivity (Wildman–Crippen MR) is 57.9 cm³/mol. The smallest absolute Gasteiger partial charge is 0.343 e. The molecule has 0 fully saturated rings. The Labute approximate surface area is 102 Å². The van der Waals surface area contributed by atoms with Crippen molar-refractivity contribution in [3.63, 3.8) is 0 Å². The first-order chi connectivity index (χ1) is 8.43. The van der Waals surface area contributed by atoms with Gasteiger partial charge in [-0.1, -0.05) is 0 Å². The molecule has 0 aliphatic carbocycles. The lowest BCUT2D eigenvalue weighted by Crippen LogP contribution is -2.13. The highest BCUT2D eigenvalue weighted by atomic mass is 16.6. The van der Waals surface area contributed by atoms with E-state index in [0.29, 0.717) is 0 Å². The van der Waals surface area contributed by atoms with Gasteiger partial charge in [0, 0.05) is 0 Å². The Balaban J connectivity index is 3.00. The summed E-state index contributed by atoms with van der Waals surface area (Å²) in [4.78, 5) is 32.4. The molecule has 1 rings (SSSR count). The van der Waals surface area contributed by atoms with Gasteiger partial charge in [0.15, 0.2) is 6.61 Å². The molecule has 0 unspecified atom stereocenters. The molecule has 1 aromatic carbocycles. The van der Waals surface area contributed by atoms with Gasteiger partial charge in [-0.3, -0.25) is 0 Å². The molecule has 0 bridgehead atoms. The first-order valence-electron chi connectivity index (χ1n) is 4.75. The van der Waals surface area contributed by atoms with E-state index in [9.17, 15) is 14.4 Å². The van der Waals surface area contributed by atoms with Crippen LogP contribution in [-0.2, 0) is 9.53 Å². The van der Waals surface area contributed by atoms with Gasteiger partial charge in [-0.25, -0.2) is 14.4 Å². The lowest BCUT2D eigenvalue weighted by Gasteiger charge is -2.07. The largest absolute Gasteiger partial charge is 0.482 e. The van der Waals surface area contributed by atoms with Crippen molar-refractivity contribution in [3.05, 3.63) is 29.3 Å². The standard InChI is InChI=1S/C11H10O7/c1-17-9(12)5-18-8-3-6(10(13)14)2-7(4-8)11(15)16/h2-4H,5H2,1H3,(H,13,14)(H,15,16). The summed E-state index contributed by atoms with van der Waals surface area (Å²) in [6.45, 7) is -0.432. The highest BCUT2D eigenvalue weighted by molar-refractivity contribution is 5.94. The molecule has 1 aromatic rings. The van der Waals surface area contributed by atoms with Crippen LogP contribution >= 0.6 is 0 Å². The third-order valence-electron chi connectivity index (χ3n) is 1.98. The number of aromatic carboxylic acids is 2. The van der Waals surface area contributed by atoms with Crippen molar-refractivity contribution in [1.82, 2.24) is 0 Å². The quantitative estimate of drug-likeness (QED) is 0.741. The third kappa shape index (κ3) is 3.48. The molecule has 0 spiro atoms. The molecule has 7 nitrogen and oxygen atoms in total. The number of carboxylic acid groups (broad SMARTS) is 2. The van der Waals surface area contributed by atoms with E-state index in [1.807, 2.05) is 0 Å². The molecule has 0 aromatic heterocycles. The van der Waals surface area contributed by atoms with Crippen molar-refractivity contribution in [1.29, 1.82) is 0 Å². The van der Waals surface area contributed by atoms with Gasteiger partial charge in [0.25, 0.3) is 0 Å². The number of hydrogen-bond acceptors (Lipinski definition) is 5. The molecule has 2 N–H and O–H groups in total. The zero-order valence-electron chi connectivity index (χ0n) is 9.37. The van der Waals surface area contributed by atoms with Crippen molar-refractivity contribution in [2.75, 3.05) is 13.7 Å². The molecular weight excluding hydrogens is 244 g/mol. The van der Waals surface area contributed by atoms with Gasteiger partial charge in [0.1, 0.15) is 5.75 Å². The van der Waals surface area contributed by atoms with Crippen LogP contribution in [0.1, 0.15) is 20.7 Å². The fraction of sp³-hybridized carbons (Fsp3) is 0.182. The van der Waals surface area contributed by atoms with Gasteiger partial charge in [-0.15, -0.1) is 0 Å². The summed E-state index contributed by atoms with van der Waals surface area (Å²) in [5.74, 6) is -3.27. The Morgan fingerprint density at radius 1 is 1.06 bits per heavy atom. The molecule has 0 saturated heterocycles. The minimum absolute atomic E-state index is 0.0299. The third-order valence-corrected chi connectivity index (χ3v) is 1.98. The summed E-state index contributed by atoms with van der Waals surface area (Å²) in [7, 11) is 1.17. The number of rotatable bonds is 5. The summed E-state index contributed by atoms with van der Waals surface area (Å²) in [5, 5.41) is 17.6. The fourth-order valence-corrected chi connectivity index (χ4v) is 1.13. The summed E-state index contributed by atoms with van der Waals surface area (Å²) in [6, 6.07) is 3.24. The molecule has 0 aliphatic heterocycles. The second-order valence-electron chi connectivity index (χ2n) is 3.22. The monoisotopic (exact) mass is 254 g/mol. The van der Waals surface area contributed by atoms with E-state index in [0.717, 1.165) is 18.2 Å².